The second-order valence-electron chi connectivity index (χ2n) is 7.09. The summed E-state index contributed by atoms with van der Waals surface area (Å²) in [4.78, 5) is 12.4. The third-order valence-electron chi connectivity index (χ3n) is 4.98. The summed E-state index contributed by atoms with van der Waals surface area (Å²) in [5, 5.41) is 2.71. The van der Waals surface area contributed by atoms with Gasteiger partial charge < -0.3 is 19.5 Å². The number of hydrogen-bond acceptors (Lipinski definition) is 6. The molecule has 0 aromatic heterocycles. The van der Waals surface area contributed by atoms with Crippen LogP contribution >= 0.6 is 0 Å². The summed E-state index contributed by atoms with van der Waals surface area (Å²) in [6, 6.07) is 16.1. The third-order valence-corrected chi connectivity index (χ3v) is 6.76. The minimum Gasteiger partial charge on any atom is -0.493 e. The maximum atomic E-state index is 13.0. The van der Waals surface area contributed by atoms with Crippen LogP contribution in [0.15, 0.2) is 71.6 Å². The fraction of sp³-hybridized carbons (Fsp3) is 0.208. The average molecular weight is 489 g/mol. The molecule has 180 valence electrons. The quantitative estimate of drug-likeness (QED) is 0.439. The smallest absolute Gasteiger partial charge is 0.264 e. The van der Waals surface area contributed by atoms with Crippen molar-refractivity contribution in [1.82, 2.24) is 5.32 Å². The molecule has 1 N–H and O–H groups in total. The molecule has 0 bridgehead atoms. The van der Waals surface area contributed by atoms with Crippen molar-refractivity contribution in [2.75, 3.05) is 38.7 Å². The largest absolute Gasteiger partial charge is 0.493 e. The van der Waals surface area contributed by atoms with Crippen molar-refractivity contribution in [3.05, 3.63) is 78.1 Å². The Morgan fingerprint density at radius 2 is 1.59 bits per heavy atom. The minimum absolute atomic E-state index is 0.0376. The van der Waals surface area contributed by atoms with E-state index in [-0.39, 0.29) is 29.8 Å². The number of methoxy groups -OCH3 is 2. The zero-order valence-corrected chi connectivity index (χ0v) is 19.8. The van der Waals surface area contributed by atoms with Crippen LogP contribution in [0, 0.1) is 5.82 Å². The van der Waals surface area contributed by atoms with Gasteiger partial charge in [0, 0.05) is 18.7 Å². The Hall–Kier alpha value is -3.79. The van der Waals surface area contributed by atoms with E-state index in [4.69, 9.17) is 14.2 Å². The van der Waals surface area contributed by atoms with Gasteiger partial charge in [-0.25, -0.2) is 12.8 Å². The molecule has 0 saturated carbocycles. The lowest BCUT2D eigenvalue weighted by molar-refractivity contribution is 0.0947. The highest BCUT2D eigenvalue weighted by Crippen LogP contribution is 2.31. The Morgan fingerprint density at radius 1 is 0.941 bits per heavy atom. The Labute approximate surface area is 197 Å². The number of halogens is 1. The van der Waals surface area contributed by atoms with Crippen molar-refractivity contribution in [2.24, 2.45) is 0 Å². The van der Waals surface area contributed by atoms with E-state index in [9.17, 15) is 17.6 Å². The SMILES string of the molecule is COc1ccc(S(=O)(=O)N(C)c2ccc(C(=O)NCCOc3ccc(F)cc3)cc2)cc1OC. The summed E-state index contributed by atoms with van der Waals surface area (Å²) < 4.78 is 55.9. The lowest BCUT2D eigenvalue weighted by atomic mass is 10.2. The van der Waals surface area contributed by atoms with Gasteiger partial charge in [-0.1, -0.05) is 0 Å². The van der Waals surface area contributed by atoms with E-state index in [2.05, 4.69) is 5.32 Å². The number of nitrogens with zero attached hydrogens (tertiary/aromatic N) is 1. The van der Waals surface area contributed by atoms with Gasteiger partial charge in [-0.2, -0.15) is 0 Å². The lowest BCUT2D eigenvalue weighted by Gasteiger charge is -2.20. The number of ether oxygens (including phenoxy) is 3. The number of rotatable bonds is 10. The van der Waals surface area contributed by atoms with Crippen molar-refractivity contribution < 1.29 is 31.8 Å². The fourth-order valence-corrected chi connectivity index (χ4v) is 4.27. The molecule has 8 nitrogen and oxygen atoms in total. The second-order valence-corrected chi connectivity index (χ2v) is 9.06. The van der Waals surface area contributed by atoms with E-state index in [0.29, 0.717) is 28.5 Å². The molecule has 0 saturated heterocycles. The van der Waals surface area contributed by atoms with E-state index in [1.54, 1.807) is 12.1 Å². The van der Waals surface area contributed by atoms with E-state index in [0.717, 1.165) is 4.31 Å². The van der Waals surface area contributed by atoms with Gasteiger partial charge in [0.25, 0.3) is 15.9 Å². The number of carbonyl (C=O) groups excluding carboxylic acids is 1. The van der Waals surface area contributed by atoms with Gasteiger partial charge in [0.05, 0.1) is 31.3 Å². The molecule has 0 aliphatic rings. The zero-order chi connectivity index (χ0) is 24.7. The summed E-state index contributed by atoms with van der Waals surface area (Å²) in [6.07, 6.45) is 0. The highest BCUT2D eigenvalue weighted by atomic mass is 32.2. The first-order chi connectivity index (χ1) is 16.3. The molecule has 34 heavy (non-hydrogen) atoms. The molecule has 1 amide bonds. The number of carbonyl (C=O) groups is 1. The Balaban J connectivity index is 1.61. The normalized spacial score (nSPS) is 10.9. The van der Waals surface area contributed by atoms with Gasteiger partial charge in [-0.3, -0.25) is 9.10 Å². The molecule has 0 heterocycles. The molecule has 3 rings (SSSR count). The maximum absolute atomic E-state index is 13.0. The number of anilines is 1. The molecule has 0 spiro atoms. The maximum Gasteiger partial charge on any atom is 0.264 e. The molecule has 10 heteroatoms. The van der Waals surface area contributed by atoms with Crippen LogP contribution in [0.1, 0.15) is 10.4 Å². The van der Waals surface area contributed by atoms with Crippen LogP contribution in [0.4, 0.5) is 10.1 Å². The Kier molecular flexibility index (Phi) is 7.95. The molecule has 0 fully saturated rings. The van der Waals surface area contributed by atoms with Crippen LogP contribution in [-0.4, -0.2) is 48.7 Å². The highest BCUT2D eigenvalue weighted by Gasteiger charge is 2.23. The van der Waals surface area contributed by atoms with Gasteiger partial charge in [-0.15, -0.1) is 0 Å². The first-order valence-corrected chi connectivity index (χ1v) is 11.7. The van der Waals surface area contributed by atoms with Crippen molar-refractivity contribution in [1.29, 1.82) is 0 Å². The molecule has 3 aromatic rings. The zero-order valence-electron chi connectivity index (χ0n) is 18.9. The predicted octanol–water partition coefficient (Wildman–Crippen LogP) is 3.48. The van der Waals surface area contributed by atoms with Crippen LogP contribution in [0.2, 0.25) is 0 Å². The number of nitrogens with one attached hydrogen (secondary N) is 1. The van der Waals surface area contributed by atoms with E-state index < -0.39 is 10.0 Å². The number of amides is 1. The van der Waals surface area contributed by atoms with E-state index >= 15 is 0 Å². The molecule has 0 aliphatic heterocycles. The molecule has 0 unspecified atom stereocenters. The summed E-state index contributed by atoms with van der Waals surface area (Å²) >= 11 is 0. The summed E-state index contributed by atoms with van der Waals surface area (Å²) in [5.74, 6) is 0.527. The average Bonchev–Trinajstić information content (AvgIpc) is 2.86. The van der Waals surface area contributed by atoms with Crippen LogP contribution in [-0.2, 0) is 10.0 Å². The van der Waals surface area contributed by atoms with Crippen molar-refractivity contribution >= 4 is 21.6 Å². The monoisotopic (exact) mass is 488 g/mol. The lowest BCUT2D eigenvalue weighted by Crippen LogP contribution is -2.28. The molecule has 0 radical (unpaired) electrons. The fourth-order valence-electron chi connectivity index (χ4n) is 3.06. The molecule has 0 atom stereocenters. The van der Waals surface area contributed by atoms with Gasteiger partial charge in [-0.05, 0) is 60.7 Å². The molecular weight excluding hydrogens is 463 g/mol. The highest BCUT2D eigenvalue weighted by molar-refractivity contribution is 7.92. The first kappa shape index (κ1) is 24.8. The topological polar surface area (TPSA) is 94.2 Å². The van der Waals surface area contributed by atoms with Crippen molar-refractivity contribution in [3.63, 3.8) is 0 Å². The second kappa shape index (κ2) is 10.9. The van der Waals surface area contributed by atoms with Crippen LogP contribution in [0.5, 0.6) is 17.2 Å². The molecule has 0 aliphatic carbocycles. The van der Waals surface area contributed by atoms with Crippen LogP contribution in [0.3, 0.4) is 0 Å². The molecular formula is C24H25FN2O6S. The third kappa shape index (κ3) is 5.76. The van der Waals surface area contributed by atoms with Crippen molar-refractivity contribution in [3.8, 4) is 17.2 Å². The van der Waals surface area contributed by atoms with Gasteiger partial charge in [0.1, 0.15) is 18.2 Å². The summed E-state index contributed by atoms with van der Waals surface area (Å²) in [5.41, 5.74) is 0.744. The Morgan fingerprint density at radius 3 is 2.21 bits per heavy atom. The Bertz CT molecular complexity index is 1230. The number of benzene rings is 3. The summed E-state index contributed by atoms with van der Waals surface area (Å²) in [6.45, 7) is 0.452. The first-order valence-electron chi connectivity index (χ1n) is 10.2. The minimum atomic E-state index is -3.87. The standard InChI is InChI=1S/C24H25FN2O6S/c1-27(34(29,30)21-12-13-22(31-2)23(16-21)32-3)19-8-4-17(5-9-19)24(28)26-14-15-33-20-10-6-18(25)7-11-20/h4-13,16H,14-15H2,1-3H3,(H,26,28). The predicted molar refractivity (Wildman–Crippen MR) is 126 cm³/mol. The number of sulfonamides is 1. The van der Waals surface area contributed by atoms with Crippen LogP contribution < -0.4 is 23.8 Å². The van der Waals surface area contributed by atoms with E-state index in [1.807, 2.05) is 0 Å². The van der Waals surface area contributed by atoms with E-state index in [1.165, 1.54) is 75.9 Å². The van der Waals surface area contributed by atoms with Crippen molar-refractivity contribution in [2.45, 2.75) is 4.90 Å². The van der Waals surface area contributed by atoms with Crippen LogP contribution in [0.25, 0.3) is 0 Å². The summed E-state index contributed by atoms with van der Waals surface area (Å²) in [7, 11) is 0.446. The molecule has 3 aromatic carbocycles. The van der Waals surface area contributed by atoms with Gasteiger partial charge in [0.2, 0.25) is 0 Å². The van der Waals surface area contributed by atoms with Gasteiger partial charge in [0.15, 0.2) is 11.5 Å². The number of hydrogen-bond donors (Lipinski definition) is 1. The van der Waals surface area contributed by atoms with Gasteiger partial charge >= 0.3 is 0 Å².